The van der Waals surface area contributed by atoms with E-state index in [1.54, 1.807) is 6.21 Å². The maximum atomic E-state index is 4.27. The van der Waals surface area contributed by atoms with Gasteiger partial charge in [-0.25, -0.2) is 5.53 Å². The molecule has 3 aromatic rings. The van der Waals surface area contributed by atoms with Gasteiger partial charge in [-0.1, -0.05) is 91.0 Å². The lowest BCUT2D eigenvalue weighted by Crippen LogP contribution is -2.51. The van der Waals surface area contributed by atoms with Gasteiger partial charge in [0.15, 0.2) is 0 Å². The molecule has 0 saturated heterocycles. The van der Waals surface area contributed by atoms with Crippen molar-refractivity contribution in [2.45, 2.75) is 5.54 Å². The fourth-order valence-corrected chi connectivity index (χ4v) is 3.44. The van der Waals surface area contributed by atoms with Crippen molar-refractivity contribution in [2.75, 3.05) is 0 Å². The standard InChI is InChI=1S/C22H19N3/c1-4-11-19(12-5-1)22(20-13-6-2-7-14-20,21-15-8-3-9-16-21)25-18-10-17-23-24-25/h1-18,24H. The smallest absolute Gasteiger partial charge is 0.137 e. The number of hydrogen-bond donors (Lipinski definition) is 1. The maximum Gasteiger partial charge on any atom is 0.137 e. The van der Waals surface area contributed by atoms with Gasteiger partial charge in [-0.2, -0.15) is 5.10 Å². The molecule has 0 amide bonds. The van der Waals surface area contributed by atoms with Crippen molar-refractivity contribution < 1.29 is 0 Å². The predicted octanol–water partition coefficient (Wildman–Crippen LogP) is 4.30. The Morgan fingerprint density at radius 3 is 1.44 bits per heavy atom. The van der Waals surface area contributed by atoms with Gasteiger partial charge < -0.3 is 0 Å². The van der Waals surface area contributed by atoms with Gasteiger partial charge in [-0.05, 0) is 22.8 Å². The number of hydrogen-bond acceptors (Lipinski definition) is 3. The Balaban J connectivity index is 2.05. The average molecular weight is 325 g/mol. The number of rotatable bonds is 4. The Morgan fingerprint density at radius 2 is 1.08 bits per heavy atom. The van der Waals surface area contributed by atoms with Crippen molar-refractivity contribution in [3.8, 4) is 0 Å². The number of nitrogens with zero attached hydrogens (tertiary/aromatic N) is 2. The van der Waals surface area contributed by atoms with Crippen LogP contribution in [0.1, 0.15) is 16.7 Å². The summed E-state index contributed by atoms with van der Waals surface area (Å²) in [6.07, 6.45) is 5.72. The highest BCUT2D eigenvalue weighted by atomic mass is 15.7. The molecule has 122 valence electrons. The molecule has 3 aromatic carbocycles. The van der Waals surface area contributed by atoms with E-state index < -0.39 is 5.54 Å². The number of hydrazone groups is 1. The van der Waals surface area contributed by atoms with Crippen LogP contribution in [0.25, 0.3) is 0 Å². The van der Waals surface area contributed by atoms with E-state index in [1.807, 2.05) is 30.5 Å². The van der Waals surface area contributed by atoms with Gasteiger partial charge in [-0.15, -0.1) is 0 Å². The second kappa shape index (κ2) is 6.65. The summed E-state index contributed by atoms with van der Waals surface area (Å²) in [4.78, 5) is 0. The Morgan fingerprint density at radius 1 is 0.640 bits per heavy atom. The fraction of sp³-hybridized carbons (Fsp3) is 0.0455. The largest absolute Gasteiger partial charge is 0.260 e. The Hall–Kier alpha value is -3.33. The molecule has 0 fully saturated rings. The minimum Gasteiger partial charge on any atom is -0.260 e. The third-order valence-corrected chi connectivity index (χ3v) is 4.50. The molecule has 1 aliphatic rings. The fourth-order valence-electron chi connectivity index (χ4n) is 3.44. The summed E-state index contributed by atoms with van der Waals surface area (Å²) in [5.74, 6) is 0. The minimum absolute atomic E-state index is 0.530. The van der Waals surface area contributed by atoms with Crippen LogP contribution in [0.5, 0.6) is 0 Å². The lowest BCUT2D eigenvalue weighted by atomic mass is 9.76. The van der Waals surface area contributed by atoms with Crippen LogP contribution in [0.15, 0.2) is 108 Å². The van der Waals surface area contributed by atoms with Crippen molar-refractivity contribution in [1.29, 1.82) is 0 Å². The average Bonchev–Trinajstić information content (AvgIpc) is 2.72. The zero-order valence-corrected chi connectivity index (χ0v) is 13.8. The van der Waals surface area contributed by atoms with E-state index in [1.165, 1.54) is 16.7 Å². The van der Waals surface area contributed by atoms with Crippen molar-refractivity contribution in [3.05, 3.63) is 120 Å². The normalized spacial score (nSPS) is 13.5. The molecular weight excluding hydrogens is 306 g/mol. The van der Waals surface area contributed by atoms with Crippen molar-refractivity contribution in [2.24, 2.45) is 5.10 Å². The van der Waals surface area contributed by atoms with Gasteiger partial charge >= 0.3 is 0 Å². The molecule has 25 heavy (non-hydrogen) atoms. The van der Waals surface area contributed by atoms with Crippen LogP contribution in [0.3, 0.4) is 0 Å². The first-order valence-electron chi connectivity index (χ1n) is 8.34. The molecule has 3 heteroatoms. The number of hydrazine groups is 1. The zero-order valence-electron chi connectivity index (χ0n) is 13.8. The first-order valence-corrected chi connectivity index (χ1v) is 8.34. The summed E-state index contributed by atoms with van der Waals surface area (Å²) < 4.78 is 0. The summed E-state index contributed by atoms with van der Waals surface area (Å²) in [6, 6.07) is 31.6. The predicted molar refractivity (Wildman–Crippen MR) is 102 cm³/mol. The van der Waals surface area contributed by atoms with Crippen molar-refractivity contribution in [3.63, 3.8) is 0 Å². The van der Waals surface area contributed by atoms with E-state index in [0.29, 0.717) is 0 Å². The highest BCUT2D eigenvalue weighted by molar-refractivity contribution is 5.71. The van der Waals surface area contributed by atoms with Gasteiger partial charge in [0.2, 0.25) is 0 Å². The van der Waals surface area contributed by atoms with Crippen LogP contribution in [-0.4, -0.2) is 11.2 Å². The Bertz CT molecular complexity index is 774. The lowest BCUT2D eigenvalue weighted by Gasteiger charge is -2.44. The minimum atomic E-state index is -0.530. The second-order valence-electron chi connectivity index (χ2n) is 5.90. The van der Waals surface area contributed by atoms with Crippen LogP contribution < -0.4 is 5.53 Å². The van der Waals surface area contributed by atoms with Crippen LogP contribution in [-0.2, 0) is 5.54 Å². The van der Waals surface area contributed by atoms with E-state index in [-0.39, 0.29) is 0 Å². The van der Waals surface area contributed by atoms with Gasteiger partial charge in [0.1, 0.15) is 5.54 Å². The molecule has 0 spiro atoms. The Labute approximate surface area is 147 Å². The van der Waals surface area contributed by atoms with E-state index in [0.717, 1.165) is 0 Å². The van der Waals surface area contributed by atoms with E-state index in [2.05, 4.69) is 88.4 Å². The van der Waals surface area contributed by atoms with Gasteiger partial charge in [-0.3, -0.25) is 5.01 Å². The van der Waals surface area contributed by atoms with E-state index >= 15 is 0 Å². The quantitative estimate of drug-likeness (QED) is 0.724. The molecule has 1 aliphatic heterocycles. The van der Waals surface area contributed by atoms with Gasteiger partial charge in [0, 0.05) is 6.20 Å². The molecule has 1 N–H and O–H groups in total. The van der Waals surface area contributed by atoms with Gasteiger partial charge in [0.05, 0.1) is 6.21 Å². The molecule has 1 heterocycles. The van der Waals surface area contributed by atoms with Crippen LogP contribution >= 0.6 is 0 Å². The maximum absolute atomic E-state index is 4.27. The number of nitrogens with one attached hydrogen (secondary N) is 1. The molecule has 0 radical (unpaired) electrons. The number of allylic oxidation sites excluding steroid dienone is 1. The third-order valence-electron chi connectivity index (χ3n) is 4.50. The summed E-state index contributed by atoms with van der Waals surface area (Å²) in [7, 11) is 0. The molecule has 0 atom stereocenters. The highest BCUT2D eigenvalue weighted by Crippen LogP contribution is 2.41. The lowest BCUT2D eigenvalue weighted by molar-refractivity contribution is 0.157. The molecule has 0 aromatic heterocycles. The summed E-state index contributed by atoms with van der Waals surface area (Å²) in [6.45, 7) is 0. The van der Waals surface area contributed by atoms with Crippen molar-refractivity contribution in [1.82, 2.24) is 10.5 Å². The molecule has 0 unspecified atom stereocenters. The molecule has 0 saturated carbocycles. The second-order valence-corrected chi connectivity index (χ2v) is 5.90. The van der Waals surface area contributed by atoms with E-state index in [9.17, 15) is 0 Å². The number of benzene rings is 3. The first-order chi connectivity index (χ1) is 12.4. The van der Waals surface area contributed by atoms with Crippen LogP contribution in [0.4, 0.5) is 0 Å². The van der Waals surface area contributed by atoms with Crippen LogP contribution in [0.2, 0.25) is 0 Å². The molecule has 4 rings (SSSR count). The first kappa shape index (κ1) is 15.2. The highest BCUT2D eigenvalue weighted by Gasteiger charge is 2.41. The zero-order chi connectivity index (χ0) is 17.0. The monoisotopic (exact) mass is 325 g/mol. The summed E-state index contributed by atoms with van der Waals surface area (Å²) in [5.41, 5.74) is 6.15. The van der Waals surface area contributed by atoms with Crippen LogP contribution in [0, 0.1) is 0 Å². The molecule has 0 aliphatic carbocycles. The SMILES string of the molecule is C1=CN(C(c2ccccc2)(c2ccccc2)c2ccccc2)NN=C1. The Kier molecular flexibility index (Phi) is 4.05. The summed E-state index contributed by atoms with van der Waals surface area (Å²) >= 11 is 0. The topological polar surface area (TPSA) is 27.6 Å². The molecule has 3 nitrogen and oxygen atoms in total. The van der Waals surface area contributed by atoms with Gasteiger partial charge in [0.25, 0.3) is 0 Å². The van der Waals surface area contributed by atoms with E-state index in [4.69, 9.17) is 0 Å². The van der Waals surface area contributed by atoms with Crippen molar-refractivity contribution >= 4 is 6.21 Å². The molecular formula is C22H19N3. The third kappa shape index (κ3) is 2.60. The summed E-state index contributed by atoms with van der Waals surface area (Å²) in [5, 5.41) is 6.33. The molecule has 0 bridgehead atoms.